The predicted octanol–water partition coefficient (Wildman–Crippen LogP) is 5.15. The molecule has 1 aliphatic heterocycles. The summed E-state index contributed by atoms with van der Waals surface area (Å²) in [5.74, 6) is 0. The molecular formula is C23H16N2O3. The molecule has 1 unspecified atom stereocenters. The smallest absolute Gasteiger partial charge is 0.269 e. The van der Waals surface area contributed by atoms with Gasteiger partial charge in [0.2, 0.25) is 0 Å². The maximum absolute atomic E-state index is 11.0. The third-order valence-corrected chi connectivity index (χ3v) is 4.84. The van der Waals surface area contributed by atoms with E-state index in [0.29, 0.717) is 12.2 Å². The minimum Gasteiger partial charge on any atom is -0.364 e. The van der Waals surface area contributed by atoms with Gasteiger partial charge in [0.15, 0.2) is 0 Å². The number of nitro benzene ring substituents is 1. The predicted molar refractivity (Wildman–Crippen MR) is 106 cm³/mol. The second kappa shape index (κ2) is 7.47. The van der Waals surface area contributed by atoms with Gasteiger partial charge in [-0.1, -0.05) is 42.5 Å². The number of nitro groups is 1. The fourth-order valence-electron chi connectivity index (χ4n) is 3.45. The van der Waals surface area contributed by atoms with E-state index in [1.165, 1.54) is 12.1 Å². The molecule has 5 nitrogen and oxygen atoms in total. The van der Waals surface area contributed by atoms with E-state index >= 15 is 0 Å². The van der Waals surface area contributed by atoms with Crippen molar-refractivity contribution in [1.29, 1.82) is 5.26 Å². The van der Waals surface area contributed by atoms with E-state index in [2.05, 4.69) is 6.07 Å². The molecule has 3 aromatic rings. The van der Waals surface area contributed by atoms with E-state index in [1.807, 2.05) is 42.5 Å². The summed E-state index contributed by atoms with van der Waals surface area (Å²) in [6.07, 6.45) is -0.264. The van der Waals surface area contributed by atoms with Crippen LogP contribution in [0.1, 0.15) is 28.4 Å². The molecule has 0 saturated heterocycles. The number of nitrogens with zero attached hydrogens (tertiary/aromatic N) is 2. The van der Waals surface area contributed by atoms with E-state index in [4.69, 9.17) is 10.00 Å². The van der Waals surface area contributed by atoms with Crippen LogP contribution < -0.4 is 0 Å². The summed E-state index contributed by atoms with van der Waals surface area (Å²) >= 11 is 0. The molecular weight excluding hydrogens is 352 g/mol. The first kappa shape index (κ1) is 17.7. The molecule has 1 heterocycles. The maximum Gasteiger partial charge on any atom is 0.269 e. The monoisotopic (exact) mass is 368 g/mol. The Morgan fingerprint density at radius 2 is 1.61 bits per heavy atom. The standard InChI is InChI=1S/C23H16N2O3/c24-14-16-6-8-19(9-7-16)23-22(18-4-2-1-3-5-18)21(15-28-23)17-10-12-20(13-11-17)25(26)27/h1-13,23H,15H2. The van der Waals surface area contributed by atoms with Crippen LogP contribution in [-0.2, 0) is 4.74 Å². The van der Waals surface area contributed by atoms with Crippen molar-refractivity contribution >= 4 is 16.8 Å². The van der Waals surface area contributed by atoms with Crippen molar-refractivity contribution < 1.29 is 9.66 Å². The molecule has 0 aromatic heterocycles. The zero-order valence-electron chi connectivity index (χ0n) is 14.9. The van der Waals surface area contributed by atoms with Crippen molar-refractivity contribution in [1.82, 2.24) is 0 Å². The van der Waals surface area contributed by atoms with Gasteiger partial charge in [0.1, 0.15) is 6.10 Å². The van der Waals surface area contributed by atoms with Crippen LogP contribution in [0.5, 0.6) is 0 Å². The maximum atomic E-state index is 11.0. The number of nitriles is 1. The van der Waals surface area contributed by atoms with Crippen molar-refractivity contribution in [2.45, 2.75) is 6.10 Å². The van der Waals surface area contributed by atoms with Gasteiger partial charge in [-0.25, -0.2) is 0 Å². The highest BCUT2D eigenvalue weighted by molar-refractivity contribution is 5.95. The molecule has 0 saturated carbocycles. The minimum absolute atomic E-state index is 0.0631. The van der Waals surface area contributed by atoms with Gasteiger partial charge in [-0.2, -0.15) is 5.26 Å². The largest absolute Gasteiger partial charge is 0.364 e. The lowest BCUT2D eigenvalue weighted by Gasteiger charge is -2.16. The Morgan fingerprint density at radius 3 is 2.21 bits per heavy atom. The lowest BCUT2D eigenvalue weighted by molar-refractivity contribution is -0.384. The van der Waals surface area contributed by atoms with Crippen LogP contribution in [0, 0.1) is 21.4 Å². The highest BCUT2D eigenvalue weighted by Crippen LogP contribution is 2.44. The molecule has 3 aromatic carbocycles. The van der Waals surface area contributed by atoms with Gasteiger partial charge >= 0.3 is 0 Å². The zero-order valence-corrected chi connectivity index (χ0v) is 14.9. The SMILES string of the molecule is N#Cc1ccc(C2OCC(c3ccc([N+](=O)[O-])cc3)=C2c2ccccc2)cc1. The number of rotatable bonds is 4. The molecule has 1 aliphatic rings. The van der Waals surface area contributed by atoms with Crippen LogP contribution in [-0.4, -0.2) is 11.5 Å². The van der Waals surface area contributed by atoms with E-state index in [0.717, 1.165) is 27.8 Å². The molecule has 0 spiro atoms. The molecule has 0 bridgehead atoms. The second-order valence-electron chi connectivity index (χ2n) is 6.49. The van der Waals surface area contributed by atoms with Gasteiger partial charge in [-0.3, -0.25) is 10.1 Å². The number of hydrogen-bond donors (Lipinski definition) is 0. The summed E-state index contributed by atoms with van der Waals surface area (Å²) in [5, 5.41) is 20.0. The summed E-state index contributed by atoms with van der Waals surface area (Å²) in [6.45, 7) is 0.409. The number of benzene rings is 3. The first-order chi connectivity index (χ1) is 13.7. The van der Waals surface area contributed by atoms with Gasteiger partial charge < -0.3 is 4.74 Å². The van der Waals surface area contributed by atoms with Crippen molar-refractivity contribution in [3.05, 3.63) is 111 Å². The fraction of sp³-hybridized carbons (Fsp3) is 0.0870. The fourth-order valence-corrected chi connectivity index (χ4v) is 3.45. The van der Waals surface area contributed by atoms with Crippen molar-refractivity contribution in [3.63, 3.8) is 0 Å². The molecule has 1 atom stereocenters. The number of hydrogen-bond acceptors (Lipinski definition) is 4. The third kappa shape index (κ3) is 3.29. The average molecular weight is 368 g/mol. The Bertz CT molecular complexity index is 1080. The summed E-state index contributed by atoms with van der Waals surface area (Å²) in [4.78, 5) is 10.6. The Balaban J connectivity index is 1.82. The zero-order chi connectivity index (χ0) is 19.5. The molecule has 0 fully saturated rings. The molecule has 0 radical (unpaired) electrons. The Kier molecular flexibility index (Phi) is 4.71. The van der Waals surface area contributed by atoms with Crippen LogP contribution in [0.3, 0.4) is 0 Å². The highest BCUT2D eigenvalue weighted by Gasteiger charge is 2.29. The highest BCUT2D eigenvalue weighted by atomic mass is 16.6. The second-order valence-corrected chi connectivity index (χ2v) is 6.49. The molecule has 0 amide bonds. The van der Waals surface area contributed by atoms with E-state index in [9.17, 15) is 10.1 Å². The Morgan fingerprint density at radius 1 is 0.929 bits per heavy atom. The van der Waals surface area contributed by atoms with Crippen LogP contribution in [0.25, 0.3) is 11.1 Å². The first-order valence-corrected chi connectivity index (χ1v) is 8.82. The molecule has 4 rings (SSSR count). The quantitative estimate of drug-likeness (QED) is 0.471. The molecule has 0 N–H and O–H groups in total. The van der Waals surface area contributed by atoms with E-state index < -0.39 is 4.92 Å². The topological polar surface area (TPSA) is 76.2 Å². The Hall–Kier alpha value is -3.75. The molecule has 136 valence electrons. The van der Waals surface area contributed by atoms with E-state index in [1.54, 1.807) is 24.3 Å². The van der Waals surface area contributed by atoms with Crippen molar-refractivity contribution in [2.24, 2.45) is 0 Å². The minimum atomic E-state index is -0.402. The van der Waals surface area contributed by atoms with Crippen LogP contribution in [0.2, 0.25) is 0 Å². The molecule has 28 heavy (non-hydrogen) atoms. The molecule has 0 aliphatic carbocycles. The van der Waals surface area contributed by atoms with Crippen molar-refractivity contribution in [3.8, 4) is 6.07 Å². The Labute approximate surface area is 162 Å². The summed E-state index contributed by atoms with van der Waals surface area (Å²) in [6, 6.07) is 26.0. The van der Waals surface area contributed by atoms with E-state index in [-0.39, 0.29) is 11.8 Å². The normalized spacial score (nSPS) is 16.0. The van der Waals surface area contributed by atoms with Crippen molar-refractivity contribution in [2.75, 3.05) is 6.61 Å². The molecule has 5 heteroatoms. The van der Waals surface area contributed by atoms with Gasteiger partial charge in [0.25, 0.3) is 5.69 Å². The third-order valence-electron chi connectivity index (χ3n) is 4.84. The summed E-state index contributed by atoms with van der Waals surface area (Å²) in [7, 11) is 0. The van der Waals surface area contributed by atoms with Crippen LogP contribution in [0.4, 0.5) is 5.69 Å². The van der Waals surface area contributed by atoms with Crippen LogP contribution in [0.15, 0.2) is 78.9 Å². The summed E-state index contributed by atoms with van der Waals surface area (Å²) < 4.78 is 6.13. The lowest BCUT2D eigenvalue weighted by atomic mass is 9.90. The number of ether oxygens (including phenoxy) is 1. The number of non-ortho nitro benzene ring substituents is 1. The van der Waals surface area contributed by atoms with Gasteiger partial charge in [-0.05, 0) is 52.1 Å². The van der Waals surface area contributed by atoms with Gasteiger partial charge in [0, 0.05) is 12.1 Å². The van der Waals surface area contributed by atoms with Crippen LogP contribution >= 0.6 is 0 Å². The average Bonchev–Trinajstić information content (AvgIpc) is 3.19. The van der Waals surface area contributed by atoms with Gasteiger partial charge in [0.05, 0.1) is 23.2 Å². The summed E-state index contributed by atoms with van der Waals surface area (Å²) in [5.41, 5.74) is 5.63. The van der Waals surface area contributed by atoms with Gasteiger partial charge in [-0.15, -0.1) is 0 Å². The lowest BCUT2D eigenvalue weighted by Crippen LogP contribution is -2.00. The first-order valence-electron chi connectivity index (χ1n) is 8.82.